The van der Waals surface area contributed by atoms with E-state index in [2.05, 4.69) is 27.4 Å². The van der Waals surface area contributed by atoms with E-state index in [0.717, 1.165) is 54.7 Å². The number of rotatable bonds is 4. The number of benzene rings is 2. The Bertz CT molecular complexity index is 1440. The number of amides is 1. The molecule has 0 spiro atoms. The molecule has 4 aliphatic heterocycles. The number of hydrogen-bond donors (Lipinski definition) is 1. The van der Waals surface area contributed by atoms with E-state index in [0.29, 0.717) is 42.2 Å². The van der Waals surface area contributed by atoms with Gasteiger partial charge in [0.15, 0.2) is 0 Å². The highest BCUT2D eigenvalue weighted by Crippen LogP contribution is 2.46. The van der Waals surface area contributed by atoms with Crippen LogP contribution in [0.3, 0.4) is 0 Å². The number of aryl methyl sites for hydroxylation is 2. The summed E-state index contributed by atoms with van der Waals surface area (Å²) in [5, 5.41) is 7.97. The molecule has 39 heavy (non-hydrogen) atoms. The average molecular weight is 532 g/mol. The first-order valence-corrected chi connectivity index (χ1v) is 14.2. The van der Waals surface area contributed by atoms with Crippen molar-refractivity contribution in [2.75, 3.05) is 11.4 Å². The molecule has 4 aliphatic rings. The number of piperidine rings is 1. The summed E-state index contributed by atoms with van der Waals surface area (Å²) in [6, 6.07) is 9.48. The van der Waals surface area contributed by atoms with E-state index in [1.165, 1.54) is 24.0 Å². The molecule has 3 aromatic rings. The van der Waals surface area contributed by atoms with Crippen LogP contribution in [0.5, 0.6) is 0 Å². The number of fused-ring (bicyclic) bond motifs is 4. The van der Waals surface area contributed by atoms with E-state index in [1.54, 1.807) is 37.1 Å². The Balaban J connectivity index is 1.34. The second-order valence-corrected chi connectivity index (χ2v) is 11.9. The van der Waals surface area contributed by atoms with Gasteiger partial charge >= 0.3 is 0 Å². The molecule has 5 heterocycles. The summed E-state index contributed by atoms with van der Waals surface area (Å²) in [7, 11) is 1.80. The molecule has 7 rings (SSSR count). The standard InChI is InChI=1S/C31H35F2N5O/c1-18(39)37-16-22-8-20(21-9-24-5-6-25(10-21)35-24)12-30(28(22)17-37)38-7-3-4-19-11-26(23-14-34-36(2)15-23)27(31(32)33)13-29(19)38/h8,11-15,21,24-25,31,35H,3-7,9-10,16-17H2,1-2H3. The third-order valence-electron chi connectivity index (χ3n) is 9.35. The summed E-state index contributed by atoms with van der Waals surface area (Å²) in [5.74, 6) is 0.548. The van der Waals surface area contributed by atoms with Gasteiger partial charge in [-0.2, -0.15) is 5.10 Å². The molecule has 2 unspecified atom stereocenters. The van der Waals surface area contributed by atoms with Crippen molar-refractivity contribution < 1.29 is 13.6 Å². The first-order valence-electron chi connectivity index (χ1n) is 14.2. The third kappa shape index (κ3) is 4.33. The lowest BCUT2D eigenvalue weighted by molar-refractivity contribution is -0.129. The lowest BCUT2D eigenvalue weighted by Crippen LogP contribution is -2.37. The zero-order valence-electron chi connectivity index (χ0n) is 22.6. The molecule has 1 N–H and O–H groups in total. The smallest absolute Gasteiger partial charge is 0.264 e. The quantitative estimate of drug-likeness (QED) is 0.451. The van der Waals surface area contributed by atoms with E-state index < -0.39 is 6.43 Å². The number of hydrogen-bond acceptors (Lipinski definition) is 4. The molecule has 6 nitrogen and oxygen atoms in total. The molecular weight excluding hydrogens is 496 g/mol. The number of nitrogens with zero attached hydrogens (tertiary/aromatic N) is 4. The maximum atomic E-state index is 14.5. The van der Waals surface area contributed by atoms with Crippen LogP contribution >= 0.6 is 0 Å². The molecule has 0 saturated carbocycles. The van der Waals surface area contributed by atoms with Gasteiger partial charge in [0.25, 0.3) is 6.43 Å². The van der Waals surface area contributed by atoms with Crippen LogP contribution in [0.25, 0.3) is 11.1 Å². The zero-order valence-corrected chi connectivity index (χ0v) is 22.6. The summed E-state index contributed by atoms with van der Waals surface area (Å²) in [5.41, 5.74) is 8.07. The molecule has 2 aromatic carbocycles. The highest BCUT2D eigenvalue weighted by Gasteiger charge is 2.36. The second-order valence-electron chi connectivity index (χ2n) is 11.9. The first kappa shape index (κ1) is 24.8. The number of carbonyl (C=O) groups is 1. The Hall–Kier alpha value is -3.26. The molecule has 8 heteroatoms. The van der Waals surface area contributed by atoms with Gasteiger partial charge in [0.2, 0.25) is 5.91 Å². The topological polar surface area (TPSA) is 53.4 Å². The zero-order chi connectivity index (χ0) is 26.8. The van der Waals surface area contributed by atoms with Gasteiger partial charge in [0.1, 0.15) is 0 Å². The minimum atomic E-state index is -2.59. The average Bonchev–Trinajstić information content (AvgIpc) is 3.64. The Morgan fingerprint density at radius 1 is 1.05 bits per heavy atom. The normalized spacial score (nSPS) is 23.9. The molecular formula is C31H35F2N5O. The van der Waals surface area contributed by atoms with Gasteiger partial charge in [0.05, 0.1) is 6.20 Å². The molecule has 2 bridgehead atoms. The SMILES string of the molecule is CC(=O)N1Cc2cc(C3CC4CCC(C3)N4)cc(N3CCCc4cc(-c5cnn(C)c5)c(C(F)F)cc43)c2C1. The molecule has 2 saturated heterocycles. The summed E-state index contributed by atoms with van der Waals surface area (Å²) >= 11 is 0. The molecule has 0 aliphatic carbocycles. The minimum Gasteiger partial charge on any atom is -0.341 e. The summed E-state index contributed by atoms with van der Waals surface area (Å²) < 4.78 is 30.6. The third-order valence-corrected chi connectivity index (χ3v) is 9.35. The van der Waals surface area contributed by atoms with Gasteiger partial charge in [-0.15, -0.1) is 0 Å². The van der Waals surface area contributed by atoms with Crippen molar-refractivity contribution in [1.29, 1.82) is 0 Å². The van der Waals surface area contributed by atoms with Gasteiger partial charge < -0.3 is 15.1 Å². The van der Waals surface area contributed by atoms with Crippen LogP contribution in [0.15, 0.2) is 36.7 Å². The van der Waals surface area contributed by atoms with Gasteiger partial charge in [-0.05, 0) is 84.9 Å². The van der Waals surface area contributed by atoms with Crippen LogP contribution < -0.4 is 10.2 Å². The van der Waals surface area contributed by atoms with Crippen LogP contribution in [0.4, 0.5) is 20.2 Å². The van der Waals surface area contributed by atoms with E-state index in [4.69, 9.17) is 0 Å². The first-order chi connectivity index (χ1) is 18.8. The van der Waals surface area contributed by atoms with Crippen molar-refractivity contribution in [3.63, 3.8) is 0 Å². The van der Waals surface area contributed by atoms with Gasteiger partial charge in [0, 0.05) is 80.0 Å². The highest BCUT2D eigenvalue weighted by molar-refractivity contribution is 5.80. The van der Waals surface area contributed by atoms with Gasteiger partial charge in [-0.25, -0.2) is 8.78 Å². The van der Waals surface area contributed by atoms with Crippen LogP contribution in [0, 0.1) is 0 Å². The van der Waals surface area contributed by atoms with E-state index in [9.17, 15) is 13.6 Å². The predicted molar refractivity (Wildman–Crippen MR) is 147 cm³/mol. The summed E-state index contributed by atoms with van der Waals surface area (Å²) in [6.07, 6.45) is 7.41. The lowest BCUT2D eigenvalue weighted by Gasteiger charge is -2.35. The van der Waals surface area contributed by atoms with Gasteiger partial charge in [-0.1, -0.05) is 6.07 Å². The highest BCUT2D eigenvalue weighted by atomic mass is 19.3. The van der Waals surface area contributed by atoms with E-state index >= 15 is 0 Å². The van der Waals surface area contributed by atoms with Crippen molar-refractivity contribution in [3.8, 4) is 11.1 Å². The van der Waals surface area contributed by atoms with Gasteiger partial charge in [-0.3, -0.25) is 9.48 Å². The Labute approximate surface area is 228 Å². The number of aromatic nitrogens is 2. The molecule has 2 fully saturated rings. The van der Waals surface area contributed by atoms with Crippen molar-refractivity contribution in [2.24, 2.45) is 7.05 Å². The van der Waals surface area contributed by atoms with Crippen LogP contribution in [0.2, 0.25) is 0 Å². The summed E-state index contributed by atoms with van der Waals surface area (Å²) in [6.45, 7) is 3.59. The second kappa shape index (κ2) is 9.44. The lowest BCUT2D eigenvalue weighted by atomic mass is 9.84. The Morgan fingerprint density at radius 3 is 2.54 bits per heavy atom. The van der Waals surface area contributed by atoms with Crippen LogP contribution in [0.1, 0.15) is 79.2 Å². The fraction of sp³-hybridized carbons (Fsp3) is 0.484. The molecule has 2 atom stereocenters. The van der Waals surface area contributed by atoms with Crippen molar-refractivity contribution >= 4 is 17.3 Å². The maximum Gasteiger partial charge on any atom is 0.264 e. The largest absolute Gasteiger partial charge is 0.341 e. The number of anilines is 2. The predicted octanol–water partition coefficient (Wildman–Crippen LogP) is 5.97. The Kier molecular flexibility index (Phi) is 5.99. The molecule has 1 amide bonds. The Morgan fingerprint density at radius 2 is 1.85 bits per heavy atom. The fourth-order valence-electron chi connectivity index (χ4n) is 7.43. The summed E-state index contributed by atoms with van der Waals surface area (Å²) in [4.78, 5) is 16.5. The van der Waals surface area contributed by atoms with E-state index in [-0.39, 0.29) is 11.5 Å². The molecule has 0 radical (unpaired) electrons. The number of nitrogens with one attached hydrogen (secondary N) is 1. The molecule has 1 aromatic heterocycles. The number of carbonyl (C=O) groups excluding carboxylic acids is 1. The van der Waals surface area contributed by atoms with Crippen LogP contribution in [-0.2, 0) is 31.4 Å². The van der Waals surface area contributed by atoms with Crippen LogP contribution in [-0.4, -0.2) is 39.2 Å². The molecule has 204 valence electrons. The van der Waals surface area contributed by atoms with Crippen molar-refractivity contribution in [2.45, 2.75) is 83.0 Å². The van der Waals surface area contributed by atoms with E-state index in [1.807, 2.05) is 11.0 Å². The van der Waals surface area contributed by atoms with Crippen molar-refractivity contribution in [1.82, 2.24) is 20.0 Å². The minimum absolute atomic E-state index is 0.0433. The maximum absolute atomic E-state index is 14.5. The monoisotopic (exact) mass is 531 g/mol. The number of alkyl halides is 2. The fourth-order valence-corrected chi connectivity index (χ4v) is 7.43. The number of halogens is 2. The van der Waals surface area contributed by atoms with Crippen molar-refractivity contribution in [3.05, 3.63) is 64.5 Å².